The highest BCUT2D eigenvalue weighted by molar-refractivity contribution is 5.96. The first-order valence-corrected chi connectivity index (χ1v) is 8.25. The largest absolute Gasteiger partial charge is 0.440 e. The van der Waals surface area contributed by atoms with Crippen LogP contribution in [0.15, 0.2) is 22.6 Å². The summed E-state index contributed by atoms with van der Waals surface area (Å²) < 4.78 is 11.1. The molecule has 24 heavy (non-hydrogen) atoms. The molecule has 1 atom stereocenters. The number of hydrogen-bond donors (Lipinski definition) is 2. The van der Waals surface area contributed by atoms with E-state index in [1.165, 1.54) is 0 Å². The number of fused-ring (bicyclic) bond motifs is 1. The molecule has 2 heterocycles. The van der Waals surface area contributed by atoms with Gasteiger partial charge in [0.15, 0.2) is 11.5 Å². The van der Waals surface area contributed by atoms with Crippen LogP contribution in [0.2, 0.25) is 0 Å². The Bertz CT molecular complexity index is 723. The summed E-state index contributed by atoms with van der Waals surface area (Å²) in [7, 11) is 0. The second-order valence-electron chi connectivity index (χ2n) is 6.47. The van der Waals surface area contributed by atoms with E-state index in [1.54, 1.807) is 0 Å². The minimum absolute atomic E-state index is 0. The predicted octanol–water partition coefficient (Wildman–Crippen LogP) is 2.82. The molecule has 3 N–H and O–H groups in total. The highest BCUT2D eigenvalue weighted by atomic mass is 35.5. The molecule has 1 aromatic carbocycles. The summed E-state index contributed by atoms with van der Waals surface area (Å²) in [5, 5.41) is 2.89. The number of oxazole rings is 1. The van der Waals surface area contributed by atoms with Crippen molar-refractivity contribution in [3.8, 4) is 0 Å². The maximum Gasteiger partial charge on any atom is 0.241 e. The average molecular weight is 352 g/mol. The van der Waals surface area contributed by atoms with E-state index < -0.39 is 6.04 Å². The zero-order chi connectivity index (χ0) is 15.8. The van der Waals surface area contributed by atoms with Crippen molar-refractivity contribution >= 4 is 35.1 Å². The van der Waals surface area contributed by atoms with Gasteiger partial charge in [-0.05, 0) is 43.7 Å². The van der Waals surface area contributed by atoms with E-state index in [-0.39, 0.29) is 24.2 Å². The fraction of sp³-hybridized carbons (Fsp3) is 0.529. The van der Waals surface area contributed by atoms with Gasteiger partial charge in [0.1, 0.15) is 5.52 Å². The fourth-order valence-corrected chi connectivity index (χ4v) is 3.04. The number of hydrogen-bond acceptors (Lipinski definition) is 5. The van der Waals surface area contributed by atoms with Crippen molar-refractivity contribution in [3.63, 3.8) is 0 Å². The van der Waals surface area contributed by atoms with Crippen LogP contribution in [0.1, 0.15) is 37.5 Å². The number of rotatable bonds is 4. The second-order valence-corrected chi connectivity index (χ2v) is 6.47. The molecule has 0 bridgehead atoms. The minimum atomic E-state index is -0.508. The number of anilines is 1. The summed E-state index contributed by atoms with van der Waals surface area (Å²) in [5.41, 5.74) is 8.34. The lowest BCUT2D eigenvalue weighted by Gasteiger charge is -2.26. The van der Waals surface area contributed by atoms with Gasteiger partial charge in [0.25, 0.3) is 0 Å². The Labute approximate surface area is 146 Å². The molecule has 130 valence electrons. The van der Waals surface area contributed by atoms with Crippen LogP contribution in [0.25, 0.3) is 11.1 Å². The molecule has 1 saturated carbocycles. The number of amides is 1. The molecular weight excluding hydrogens is 330 g/mol. The van der Waals surface area contributed by atoms with E-state index in [9.17, 15) is 4.79 Å². The first kappa shape index (κ1) is 17.2. The van der Waals surface area contributed by atoms with E-state index in [1.807, 2.05) is 18.2 Å². The van der Waals surface area contributed by atoms with Gasteiger partial charge >= 0.3 is 0 Å². The summed E-state index contributed by atoms with van der Waals surface area (Å²) in [6, 6.07) is 5.03. The molecule has 1 aromatic heterocycles. The van der Waals surface area contributed by atoms with E-state index in [2.05, 4.69) is 10.3 Å². The highest BCUT2D eigenvalue weighted by Gasteiger charge is 2.29. The SMILES string of the molecule is Cl.NC(C(=O)Nc1ccc2nc(C3CC3)oc2c1)C1CCOCC1. The summed E-state index contributed by atoms with van der Waals surface area (Å²) in [4.78, 5) is 16.8. The summed E-state index contributed by atoms with van der Waals surface area (Å²) in [6.45, 7) is 1.36. The van der Waals surface area contributed by atoms with Gasteiger partial charge in [0.2, 0.25) is 5.91 Å². The number of ether oxygens (including phenoxy) is 1. The monoisotopic (exact) mass is 351 g/mol. The lowest BCUT2D eigenvalue weighted by atomic mass is 9.92. The zero-order valence-electron chi connectivity index (χ0n) is 13.4. The van der Waals surface area contributed by atoms with E-state index in [0.717, 1.165) is 37.1 Å². The van der Waals surface area contributed by atoms with Crippen molar-refractivity contribution in [1.29, 1.82) is 0 Å². The van der Waals surface area contributed by atoms with Gasteiger partial charge in [-0.3, -0.25) is 4.79 Å². The first-order valence-electron chi connectivity index (χ1n) is 8.25. The average Bonchev–Trinajstić information content (AvgIpc) is 3.34. The molecule has 1 aliphatic carbocycles. The quantitative estimate of drug-likeness (QED) is 0.883. The molecule has 6 nitrogen and oxygen atoms in total. The Kier molecular flexibility index (Phi) is 5.08. The maximum absolute atomic E-state index is 12.3. The van der Waals surface area contributed by atoms with E-state index in [4.69, 9.17) is 14.9 Å². The van der Waals surface area contributed by atoms with Crippen molar-refractivity contribution < 1.29 is 13.9 Å². The van der Waals surface area contributed by atoms with Crippen molar-refractivity contribution in [1.82, 2.24) is 4.98 Å². The number of nitrogens with zero attached hydrogens (tertiary/aromatic N) is 1. The van der Waals surface area contributed by atoms with Crippen molar-refractivity contribution in [2.75, 3.05) is 18.5 Å². The van der Waals surface area contributed by atoms with Gasteiger partial charge < -0.3 is 20.2 Å². The summed E-state index contributed by atoms with van der Waals surface area (Å²) in [5.74, 6) is 1.31. The highest BCUT2D eigenvalue weighted by Crippen LogP contribution is 2.40. The number of nitrogens with two attached hydrogens (primary N) is 1. The van der Waals surface area contributed by atoms with Crippen LogP contribution in [-0.2, 0) is 9.53 Å². The van der Waals surface area contributed by atoms with Crippen LogP contribution in [0.5, 0.6) is 0 Å². The summed E-state index contributed by atoms with van der Waals surface area (Å²) in [6.07, 6.45) is 3.97. The van der Waals surface area contributed by atoms with Crippen molar-refractivity contribution in [2.45, 2.75) is 37.6 Å². The lowest BCUT2D eigenvalue weighted by molar-refractivity contribution is -0.119. The molecular formula is C17H22ClN3O3. The molecule has 4 rings (SSSR count). The van der Waals surface area contributed by atoms with Gasteiger partial charge in [-0.2, -0.15) is 0 Å². The second kappa shape index (κ2) is 7.09. The van der Waals surface area contributed by atoms with Crippen LogP contribution < -0.4 is 11.1 Å². The molecule has 2 fully saturated rings. The molecule has 1 unspecified atom stereocenters. The third-order valence-corrected chi connectivity index (χ3v) is 4.68. The van der Waals surface area contributed by atoms with E-state index >= 15 is 0 Å². The lowest BCUT2D eigenvalue weighted by Crippen LogP contribution is -2.43. The van der Waals surface area contributed by atoms with Gasteiger partial charge in [-0.15, -0.1) is 12.4 Å². The Morgan fingerprint density at radius 2 is 2.00 bits per heavy atom. The standard InChI is InChI=1S/C17H21N3O3.ClH/c18-15(10-5-7-22-8-6-10)16(21)19-12-3-4-13-14(9-12)23-17(20-13)11-1-2-11;/h3-4,9-11,15H,1-2,5-8,18H2,(H,19,21);1H. The van der Waals surface area contributed by atoms with Gasteiger partial charge in [-0.25, -0.2) is 4.98 Å². The normalized spacial score (nSPS) is 19.7. The number of benzene rings is 1. The molecule has 1 amide bonds. The molecule has 7 heteroatoms. The van der Waals surface area contributed by atoms with Crippen LogP contribution in [0.4, 0.5) is 5.69 Å². The van der Waals surface area contributed by atoms with Crippen LogP contribution in [-0.4, -0.2) is 30.1 Å². The Hall–Kier alpha value is -1.63. The first-order chi connectivity index (χ1) is 11.2. The number of aromatic nitrogens is 1. The topological polar surface area (TPSA) is 90.4 Å². The van der Waals surface area contributed by atoms with Crippen LogP contribution >= 0.6 is 12.4 Å². The van der Waals surface area contributed by atoms with Gasteiger partial charge in [0, 0.05) is 30.9 Å². The van der Waals surface area contributed by atoms with Crippen LogP contribution in [0.3, 0.4) is 0 Å². The maximum atomic E-state index is 12.3. The van der Waals surface area contributed by atoms with Gasteiger partial charge in [0.05, 0.1) is 6.04 Å². The van der Waals surface area contributed by atoms with Crippen LogP contribution in [0, 0.1) is 5.92 Å². The molecule has 1 aliphatic heterocycles. The molecule has 1 saturated heterocycles. The fourth-order valence-electron chi connectivity index (χ4n) is 3.04. The third-order valence-electron chi connectivity index (χ3n) is 4.68. The molecule has 0 radical (unpaired) electrons. The number of halogens is 1. The smallest absolute Gasteiger partial charge is 0.241 e. The van der Waals surface area contributed by atoms with Gasteiger partial charge in [-0.1, -0.05) is 0 Å². The van der Waals surface area contributed by atoms with Crippen molar-refractivity contribution in [2.24, 2.45) is 11.7 Å². The third kappa shape index (κ3) is 3.55. The predicted molar refractivity (Wildman–Crippen MR) is 93.4 cm³/mol. The molecule has 2 aromatic rings. The Morgan fingerprint density at radius 3 is 2.71 bits per heavy atom. The Balaban J connectivity index is 0.00000169. The zero-order valence-corrected chi connectivity index (χ0v) is 14.2. The Morgan fingerprint density at radius 1 is 1.25 bits per heavy atom. The number of carbonyl (C=O) groups is 1. The number of carbonyl (C=O) groups excluding carboxylic acids is 1. The van der Waals surface area contributed by atoms with E-state index in [0.29, 0.717) is 30.4 Å². The number of nitrogens with one attached hydrogen (secondary N) is 1. The minimum Gasteiger partial charge on any atom is -0.440 e. The van der Waals surface area contributed by atoms with Crippen molar-refractivity contribution in [3.05, 3.63) is 24.1 Å². The molecule has 0 spiro atoms. The molecule has 2 aliphatic rings. The summed E-state index contributed by atoms with van der Waals surface area (Å²) >= 11 is 0.